The third-order valence-electron chi connectivity index (χ3n) is 6.17. The van der Waals surface area contributed by atoms with E-state index in [-0.39, 0.29) is 17.1 Å². The second-order valence-corrected chi connectivity index (χ2v) is 10.6. The minimum Gasteiger partial charge on any atom is -0.435 e. The Kier molecular flexibility index (Phi) is 7.12. The maximum Gasteiger partial charge on any atom is 0.387 e. The van der Waals surface area contributed by atoms with Crippen molar-refractivity contribution in [1.82, 2.24) is 0 Å². The van der Waals surface area contributed by atoms with Crippen LogP contribution in [0.3, 0.4) is 0 Å². The summed E-state index contributed by atoms with van der Waals surface area (Å²) in [4.78, 5) is 19.2. The van der Waals surface area contributed by atoms with E-state index in [9.17, 15) is 13.6 Å². The lowest BCUT2D eigenvalue weighted by atomic mass is 9.72. The van der Waals surface area contributed by atoms with Crippen molar-refractivity contribution in [3.63, 3.8) is 0 Å². The van der Waals surface area contributed by atoms with E-state index in [4.69, 9.17) is 0 Å². The Morgan fingerprint density at radius 2 is 1.85 bits per heavy atom. The number of ether oxygens (including phenoxy) is 1. The van der Waals surface area contributed by atoms with Gasteiger partial charge >= 0.3 is 6.61 Å². The molecule has 7 heteroatoms. The van der Waals surface area contributed by atoms with Crippen molar-refractivity contribution in [2.24, 2.45) is 16.3 Å². The van der Waals surface area contributed by atoms with Crippen LogP contribution in [0.25, 0.3) is 0 Å². The van der Waals surface area contributed by atoms with Gasteiger partial charge < -0.3 is 10.1 Å². The Balaban J connectivity index is 1.64. The molecule has 3 aromatic rings. The van der Waals surface area contributed by atoms with E-state index in [0.717, 1.165) is 36.1 Å². The predicted molar refractivity (Wildman–Crippen MR) is 134 cm³/mol. The number of rotatable bonds is 6. The number of hydrogen-bond donors (Lipinski definition) is 1. The van der Waals surface area contributed by atoms with Gasteiger partial charge in [-0.15, -0.1) is 11.3 Å². The number of para-hydroxylation sites is 1. The molecule has 1 N–H and O–H groups in total. The molecule has 1 heterocycles. The zero-order valence-corrected chi connectivity index (χ0v) is 20.3. The molecule has 0 saturated carbocycles. The lowest BCUT2D eigenvalue weighted by molar-refractivity contribution is -0.0498. The molecule has 1 amide bonds. The van der Waals surface area contributed by atoms with Crippen LogP contribution in [-0.4, -0.2) is 18.7 Å². The Bertz CT molecular complexity index is 1170. The highest BCUT2D eigenvalue weighted by Crippen LogP contribution is 2.45. The number of alkyl halides is 2. The van der Waals surface area contributed by atoms with Gasteiger partial charge in [0.1, 0.15) is 10.8 Å². The van der Waals surface area contributed by atoms with Crippen LogP contribution >= 0.6 is 11.3 Å². The standard InChI is InChI=1S/C27H28F2N2O2S/c1-27(2,3)18-11-14-21-22(15-18)34-25(23(21)24(32)31-19-7-5-4-6-8-19)30-16-17-9-12-20(13-10-17)33-26(28)29/h4-10,12-13,16,18,26H,11,14-15H2,1-3H3,(H,31,32)/t18-/m0/s1. The summed E-state index contributed by atoms with van der Waals surface area (Å²) in [6.07, 6.45) is 4.47. The Hall–Kier alpha value is -3.06. The smallest absolute Gasteiger partial charge is 0.387 e. The first-order valence-corrected chi connectivity index (χ1v) is 12.1. The van der Waals surface area contributed by atoms with Gasteiger partial charge in [0, 0.05) is 16.8 Å². The lowest BCUT2D eigenvalue weighted by Crippen LogP contribution is -2.27. The van der Waals surface area contributed by atoms with Crippen LogP contribution in [0, 0.1) is 11.3 Å². The summed E-state index contributed by atoms with van der Waals surface area (Å²) in [5, 5.41) is 3.67. The first-order chi connectivity index (χ1) is 16.2. The molecule has 1 aliphatic rings. The third kappa shape index (κ3) is 5.70. The number of benzene rings is 2. The molecular weight excluding hydrogens is 454 g/mol. The Labute approximate surface area is 202 Å². The van der Waals surface area contributed by atoms with E-state index < -0.39 is 6.61 Å². The van der Waals surface area contributed by atoms with Gasteiger partial charge in [-0.3, -0.25) is 4.79 Å². The van der Waals surface area contributed by atoms with Crippen molar-refractivity contribution in [3.05, 3.63) is 76.2 Å². The summed E-state index contributed by atoms with van der Waals surface area (Å²) >= 11 is 1.57. The average molecular weight is 483 g/mol. The molecule has 1 atom stereocenters. The van der Waals surface area contributed by atoms with Crippen LogP contribution in [0.4, 0.5) is 19.5 Å². The zero-order chi connectivity index (χ0) is 24.3. The Morgan fingerprint density at radius 3 is 2.50 bits per heavy atom. The molecule has 1 aromatic heterocycles. The van der Waals surface area contributed by atoms with Gasteiger partial charge in [0.2, 0.25) is 0 Å². The number of aliphatic imine (C=N–C) groups is 1. The molecule has 0 unspecified atom stereocenters. The van der Waals surface area contributed by atoms with Crippen LogP contribution in [-0.2, 0) is 12.8 Å². The molecule has 4 rings (SSSR count). The van der Waals surface area contributed by atoms with E-state index in [2.05, 4.69) is 35.8 Å². The molecule has 0 aliphatic heterocycles. The van der Waals surface area contributed by atoms with Crippen molar-refractivity contribution in [2.45, 2.75) is 46.6 Å². The van der Waals surface area contributed by atoms with Gasteiger partial charge in [0.15, 0.2) is 0 Å². The minimum atomic E-state index is -2.86. The number of anilines is 1. The number of amides is 1. The number of carbonyl (C=O) groups is 1. The summed E-state index contributed by atoms with van der Waals surface area (Å²) in [5.41, 5.74) is 3.38. The number of halogens is 2. The molecule has 1 aliphatic carbocycles. The van der Waals surface area contributed by atoms with Gasteiger partial charge in [0.25, 0.3) is 5.91 Å². The lowest BCUT2D eigenvalue weighted by Gasteiger charge is -2.33. The highest BCUT2D eigenvalue weighted by atomic mass is 32.1. The fraction of sp³-hybridized carbons (Fsp3) is 0.333. The molecule has 2 aromatic carbocycles. The fourth-order valence-electron chi connectivity index (χ4n) is 4.22. The zero-order valence-electron chi connectivity index (χ0n) is 19.5. The number of fused-ring (bicyclic) bond motifs is 1. The van der Waals surface area contributed by atoms with E-state index in [0.29, 0.717) is 16.5 Å². The van der Waals surface area contributed by atoms with Crippen LogP contribution < -0.4 is 10.1 Å². The van der Waals surface area contributed by atoms with Crippen LogP contribution in [0.1, 0.15) is 53.6 Å². The summed E-state index contributed by atoms with van der Waals surface area (Å²) in [5.74, 6) is 0.475. The number of thiophene rings is 1. The molecule has 0 radical (unpaired) electrons. The van der Waals surface area contributed by atoms with Crippen molar-refractivity contribution in [1.29, 1.82) is 0 Å². The second kappa shape index (κ2) is 10.1. The largest absolute Gasteiger partial charge is 0.435 e. The van der Waals surface area contributed by atoms with E-state index >= 15 is 0 Å². The number of hydrogen-bond acceptors (Lipinski definition) is 4. The van der Waals surface area contributed by atoms with Crippen LogP contribution in [0.5, 0.6) is 5.75 Å². The summed E-state index contributed by atoms with van der Waals surface area (Å²) in [7, 11) is 0. The first kappa shape index (κ1) is 24.1. The Morgan fingerprint density at radius 1 is 1.15 bits per heavy atom. The van der Waals surface area contributed by atoms with Gasteiger partial charge in [-0.05, 0) is 78.1 Å². The van der Waals surface area contributed by atoms with Crippen molar-refractivity contribution < 1.29 is 18.3 Å². The number of nitrogens with zero attached hydrogens (tertiary/aromatic N) is 1. The van der Waals surface area contributed by atoms with Gasteiger partial charge in [-0.25, -0.2) is 4.99 Å². The van der Waals surface area contributed by atoms with E-state index in [1.165, 1.54) is 17.0 Å². The summed E-state index contributed by atoms with van der Waals surface area (Å²) in [6, 6.07) is 15.7. The number of nitrogens with one attached hydrogen (secondary N) is 1. The normalized spacial score (nSPS) is 16.0. The minimum absolute atomic E-state index is 0.0925. The molecule has 0 saturated heterocycles. The highest BCUT2D eigenvalue weighted by molar-refractivity contribution is 7.16. The summed E-state index contributed by atoms with van der Waals surface area (Å²) < 4.78 is 29.2. The topological polar surface area (TPSA) is 50.7 Å². The number of carbonyl (C=O) groups excluding carboxylic acids is 1. The van der Waals surface area contributed by atoms with Crippen molar-refractivity contribution in [2.75, 3.05) is 5.32 Å². The molecule has 0 spiro atoms. The van der Waals surface area contributed by atoms with Gasteiger partial charge in [-0.2, -0.15) is 8.78 Å². The SMILES string of the molecule is CC(C)(C)[C@H]1CCc2c(sc(N=Cc3ccc(OC(F)F)cc3)c2C(=O)Nc2ccccc2)C1. The van der Waals surface area contributed by atoms with Gasteiger partial charge in [-0.1, -0.05) is 39.0 Å². The van der Waals surface area contributed by atoms with Crippen LogP contribution in [0.2, 0.25) is 0 Å². The molecule has 0 fully saturated rings. The van der Waals surface area contributed by atoms with E-state index in [1.807, 2.05) is 30.3 Å². The predicted octanol–water partition coefficient (Wildman–Crippen LogP) is 7.50. The maximum atomic E-state index is 13.3. The monoisotopic (exact) mass is 482 g/mol. The van der Waals surface area contributed by atoms with Crippen LogP contribution in [0.15, 0.2) is 59.6 Å². The van der Waals surface area contributed by atoms with E-state index in [1.54, 1.807) is 29.7 Å². The third-order valence-corrected chi connectivity index (χ3v) is 7.33. The van der Waals surface area contributed by atoms with Crippen molar-refractivity contribution >= 4 is 34.1 Å². The van der Waals surface area contributed by atoms with Crippen molar-refractivity contribution in [3.8, 4) is 5.75 Å². The van der Waals surface area contributed by atoms with Gasteiger partial charge in [0.05, 0.1) is 5.56 Å². The molecule has 178 valence electrons. The highest BCUT2D eigenvalue weighted by Gasteiger charge is 2.33. The first-order valence-electron chi connectivity index (χ1n) is 11.3. The molecule has 4 nitrogen and oxygen atoms in total. The second-order valence-electron chi connectivity index (χ2n) is 9.52. The molecule has 34 heavy (non-hydrogen) atoms. The fourth-order valence-corrected chi connectivity index (χ4v) is 5.49. The quantitative estimate of drug-likeness (QED) is 0.370. The maximum absolute atomic E-state index is 13.3. The molecule has 0 bridgehead atoms. The summed E-state index contributed by atoms with van der Waals surface area (Å²) in [6.45, 7) is 3.93. The average Bonchev–Trinajstić information content (AvgIpc) is 3.16. The molecular formula is C27H28F2N2O2S.